The molecule has 0 aliphatic rings. The highest BCUT2D eigenvalue weighted by Crippen LogP contribution is 2.13. The summed E-state index contributed by atoms with van der Waals surface area (Å²) in [5.41, 5.74) is 5.44. The van der Waals surface area contributed by atoms with Crippen molar-refractivity contribution in [2.75, 3.05) is 5.73 Å². The van der Waals surface area contributed by atoms with Crippen molar-refractivity contribution in [1.82, 2.24) is 4.98 Å². The molecule has 0 saturated heterocycles. The molecule has 1 rings (SSSR count). The number of rotatable bonds is 2. The van der Waals surface area contributed by atoms with E-state index in [4.69, 9.17) is 10.5 Å². The van der Waals surface area contributed by atoms with Gasteiger partial charge in [-0.3, -0.25) is 0 Å². The van der Waals surface area contributed by atoms with E-state index >= 15 is 0 Å². The molecule has 60 valence electrons. The van der Waals surface area contributed by atoms with Crippen LogP contribution in [0.2, 0.25) is 0 Å². The lowest BCUT2D eigenvalue weighted by atomic mass is 10.4. The Morgan fingerprint density at radius 3 is 2.82 bits per heavy atom. The zero-order valence-corrected chi connectivity index (χ0v) is 6.74. The minimum Gasteiger partial charge on any atom is -0.491 e. The first-order valence-corrected chi connectivity index (χ1v) is 3.56. The van der Waals surface area contributed by atoms with Gasteiger partial charge in [-0.25, -0.2) is 4.98 Å². The molecule has 0 aliphatic heterocycles. The highest BCUT2D eigenvalue weighted by molar-refractivity contribution is 5.35. The summed E-state index contributed by atoms with van der Waals surface area (Å²) in [6.07, 6.45) is 1.81. The normalized spacial score (nSPS) is 10.1. The van der Waals surface area contributed by atoms with Crippen molar-refractivity contribution in [2.45, 2.75) is 20.0 Å². The van der Waals surface area contributed by atoms with Crippen molar-refractivity contribution in [2.24, 2.45) is 0 Å². The summed E-state index contributed by atoms with van der Waals surface area (Å²) < 4.78 is 5.38. The fraction of sp³-hybridized carbons (Fsp3) is 0.375. The Hall–Kier alpha value is -1.25. The topological polar surface area (TPSA) is 48.1 Å². The van der Waals surface area contributed by atoms with Crippen LogP contribution < -0.4 is 10.5 Å². The van der Waals surface area contributed by atoms with E-state index in [1.807, 2.05) is 13.8 Å². The smallest absolute Gasteiger partial charge is 0.126 e. The van der Waals surface area contributed by atoms with Gasteiger partial charge in [0.1, 0.15) is 11.6 Å². The number of nitrogens with zero attached hydrogens (tertiary/aromatic N) is 1. The highest BCUT2D eigenvalue weighted by atomic mass is 16.5. The van der Waals surface area contributed by atoms with Crippen molar-refractivity contribution in [3.8, 4) is 5.75 Å². The Kier molecular flexibility index (Phi) is 2.31. The first kappa shape index (κ1) is 7.85. The summed E-state index contributed by atoms with van der Waals surface area (Å²) in [6, 6.07) is 3.50. The fourth-order valence-corrected chi connectivity index (χ4v) is 0.773. The standard InChI is InChI=1S/C8H12N2O/c1-6(2)11-7-3-4-10-8(9)5-7/h3-6H,1-2H3,(H2,9,10). The molecular weight excluding hydrogens is 140 g/mol. The van der Waals surface area contributed by atoms with Gasteiger partial charge < -0.3 is 10.5 Å². The van der Waals surface area contributed by atoms with E-state index in [0.717, 1.165) is 5.75 Å². The van der Waals surface area contributed by atoms with Gasteiger partial charge in [0, 0.05) is 12.3 Å². The van der Waals surface area contributed by atoms with Gasteiger partial charge in [0.15, 0.2) is 0 Å². The van der Waals surface area contributed by atoms with Crippen LogP contribution in [0, 0.1) is 0 Å². The van der Waals surface area contributed by atoms with Gasteiger partial charge in [0.25, 0.3) is 0 Å². The number of aromatic nitrogens is 1. The molecule has 0 bridgehead atoms. The van der Waals surface area contributed by atoms with Crippen LogP contribution in [-0.4, -0.2) is 11.1 Å². The maximum Gasteiger partial charge on any atom is 0.126 e. The van der Waals surface area contributed by atoms with Crippen LogP contribution in [0.3, 0.4) is 0 Å². The van der Waals surface area contributed by atoms with Crippen LogP contribution in [0.1, 0.15) is 13.8 Å². The molecular formula is C8H12N2O. The average Bonchev–Trinajstić information content (AvgIpc) is 1.85. The molecule has 2 N–H and O–H groups in total. The molecule has 0 fully saturated rings. The van der Waals surface area contributed by atoms with Crippen molar-refractivity contribution in [3.63, 3.8) is 0 Å². The predicted octanol–water partition coefficient (Wildman–Crippen LogP) is 1.45. The molecule has 0 aromatic carbocycles. The van der Waals surface area contributed by atoms with Gasteiger partial charge in [-0.15, -0.1) is 0 Å². The summed E-state index contributed by atoms with van der Waals surface area (Å²) in [4.78, 5) is 3.84. The summed E-state index contributed by atoms with van der Waals surface area (Å²) in [7, 11) is 0. The zero-order chi connectivity index (χ0) is 8.27. The number of anilines is 1. The summed E-state index contributed by atoms with van der Waals surface area (Å²) in [5, 5.41) is 0. The van der Waals surface area contributed by atoms with Crippen molar-refractivity contribution in [1.29, 1.82) is 0 Å². The SMILES string of the molecule is CC(C)Oc1ccnc(N)c1. The van der Waals surface area contributed by atoms with Crippen molar-refractivity contribution >= 4 is 5.82 Å². The van der Waals surface area contributed by atoms with Crippen LogP contribution >= 0.6 is 0 Å². The highest BCUT2D eigenvalue weighted by Gasteiger charge is 1.96. The third-order valence-corrected chi connectivity index (χ3v) is 1.12. The molecule has 1 heterocycles. The van der Waals surface area contributed by atoms with Crippen molar-refractivity contribution in [3.05, 3.63) is 18.3 Å². The van der Waals surface area contributed by atoms with Crippen LogP contribution in [0.15, 0.2) is 18.3 Å². The fourth-order valence-electron chi connectivity index (χ4n) is 0.773. The molecule has 0 spiro atoms. The lowest BCUT2D eigenvalue weighted by molar-refractivity contribution is 0.242. The molecule has 0 aliphatic carbocycles. The number of hydrogen-bond donors (Lipinski definition) is 1. The molecule has 11 heavy (non-hydrogen) atoms. The van der Waals surface area contributed by atoms with Crippen LogP contribution in [0.4, 0.5) is 5.82 Å². The summed E-state index contributed by atoms with van der Waals surface area (Å²) >= 11 is 0. The van der Waals surface area contributed by atoms with Gasteiger partial charge in [-0.2, -0.15) is 0 Å². The van der Waals surface area contributed by atoms with E-state index < -0.39 is 0 Å². The second kappa shape index (κ2) is 3.23. The molecule has 3 nitrogen and oxygen atoms in total. The molecule has 0 saturated carbocycles. The number of ether oxygens (including phenoxy) is 1. The minimum absolute atomic E-state index is 0.178. The number of pyridine rings is 1. The predicted molar refractivity (Wildman–Crippen MR) is 44.4 cm³/mol. The van der Waals surface area contributed by atoms with Gasteiger partial charge in [0.05, 0.1) is 6.10 Å². The Bertz CT molecular complexity index is 235. The third kappa shape index (κ3) is 2.45. The van der Waals surface area contributed by atoms with Crippen molar-refractivity contribution < 1.29 is 4.74 Å². The van der Waals surface area contributed by atoms with Gasteiger partial charge >= 0.3 is 0 Å². The molecule has 3 heteroatoms. The van der Waals surface area contributed by atoms with E-state index in [1.165, 1.54) is 0 Å². The zero-order valence-electron chi connectivity index (χ0n) is 6.74. The van der Waals surface area contributed by atoms with Crippen LogP contribution in [0.25, 0.3) is 0 Å². The number of hydrogen-bond acceptors (Lipinski definition) is 3. The third-order valence-electron chi connectivity index (χ3n) is 1.12. The van der Waals surface area contributed by atoms with Gasteiger partial charge in [-0.05, 0) is 19.9 Å². The number of nitrogen functional groups attached to an aromatic ring is 1. The molecule has 0 atom stereocenters. The van der Waals surface area contributed by atoms with Crippen LogP contribution in [-0.2, 0) is 0 Å². The molecule has 0 unspecified atom stereocenters. The molecule has 1 aromatic rings. The second-order valence-electron chi connectivity index (χ2n) is 2.58. The second-order valence-corrected chi connectivity index (χ2v) is 2.58. The lowest BCUT2D eigenvalue weighted by Crippen LogP contribution is -2.05. The van der Waals surface area contributed by atoms with E-state index in [2.05, 4.69) is 4.98 Å². The van der Waals surface area contributed by atoms with Gasteiger partial charge in [-0.1, -0.05) is 0 Å². The van der Waals surface area contributed by atoms with E-state index in [9.17, 15) is 0 Å². The minimum atomic E-state index is 0.178. The molecule has 0 radical (unpaired) electrons. The van der Waals surface area contributed by atoms with E-state index in [0.29, 0.717) is 5.82 Å². The maximum atomic E-state index is 5.44. The van der Waals surface area contributed by atoms with E-state index in [-0.39, 0.29) is 6.10 Å². The largest absolute Gasteiger partial charge is 0.491 e. The first-order chi connectivity index (χ1) is 5.18. The average molecular weight is 152 g/mol. The summed E-state index contributed by atoms with van der Waals surface area (Å²) in [5.74, 6) is 1.26. The Morgan fingerprint density at radius 2 is 2.27 bits per heavy atom. The molecule has 0 amide bonds. The van der Waals surface area contributed by atoms with Gasteiger partial charge in [0.2, 0.25) is 0 Å². The van der Waals surface area contributed by atoms with Crippen LogP contribution in [0.5, 0.6) is 5.75 Å². The monoisotopic (exact) mass is 152 g/mol. The lowest BCUT2D eigenvalue weighted by Gasteiger charge is -2.08. The quantitative estimate of drug-likeness (QED) is 0.697. The number of nitrogens with two attached hydrogens (primary N) is 1. The molecule has 1 aromatic heterocycles. The Morgan fingerprint density at radius 1 is 1.55 bits per heavy atom. The first-order valence-electron chi connectivity index (χ1n) is 3.56. The maximum absolute atomic E-state index is 5.44. The van der Waals surface area contributed by atoms with E-state index in [1.54, 1.807) is 18.3 Å². The summed E-state index contributed by atoms with van der Waals surface area (Å²) in [6.45, 7) is 3.94. The Balaban J connectivity index is 2.71. The Labute approximate surface area is 66.2 Å².